The Kier molecular flexibility index (Phi) is 2.69. The highest BCUT2D eigenvalue weighted by Crippen LogP contribution is 2.21. The van der Waals surface area contributed by atoms with Crippen LogP contribution in [0.4, 0.5) is 0 Å². The summed E-state index contributed by atoms with van der Waals surface area (Å²) in [5.74, 6) is 0.513. The van der Waals surface area contributed by atoms with Gasteiger partial charge in [-0.25, -0.2) is 19.9 Å². The smallest absolute Gasteiger partial charge is 0.163 e. The zero-order valence-electron chi connectivity index (χ0n) is 6.85. The summed E-state index contributed by atoms with van der Waals surface area (Å²) in [5.41, 5.74) is 0.627. The van der Waals surface area contributed by atoms with Crippen LogP contribution in [0, 0.1) is 0 Å². The molecule has 0 radical (unpaired) electrons. The monoisotopic (exact) mass is 270 g/mol. The summed E-state index contributed by atoms with van der Waals surface area (Å²) in [5, 5.41) is 0.349. The minimum absolute atomic E-state index is 0.349. The first-order valence-corrected chi connectivity index (χ1v) is 4.88. The molecule has 70 valence electrons. The summed E-state index contributed by atoms with van der Waals surface area (Å²) in [6.07, 6.45) is 6.25. The molecule has 0 aliphatic carbocycles. The van der Waals surface area contributed by atoms with Crippen molar-refractivity contribution < 1.29 is 0 Å². The number of nitrogens with zero attached hydrogens (tertiary/aromatic N) is 4. The molecule has 0 atom stereocenters. The Morgan fingerprint density at radius 2 is 1.79 bits per heavy atom. The van der Waals surface area contributed by atoms with E-state index in [1.165, 1.54) is 6.33 Å². The van der Waals surface area contributed by atoms with Crippen molar-refractivity contribution in [3.63, 3.8) is 0 Å². The molecule has 14 heavy (non-hydrogen) atoms. The lowest BCUT2D eigenvalue weighted by Crippen LogP contribution is -1.91. The fraction of sp³-hybridized carbons (Fsp3) is 0. The van der Waals surface area contributed by atoms with Crippen molar-refractivity contribution >= 4 is 27.5 Å². The maximum Gasteiger partial charge on any atom is 0.163 e. The van der Waals surface area contributed by atoms with Gasteiger partial charge in [-0.3, -0.25) is 0 Å². The van der Waals surface area contributed by atoms with E-state index in [0.29, 0.717) is 16.5 Å². The molecule has 0 aromatic carbocycles. The van der Waals surface area contributed by atoms with Gasteiger partial charge in [0.15, 0.2) is 5.82 Å². The summed E-state index contributed by atoms with van der Waals surface area (Å²) in [4.78, 5) is 15.9. The highest BCUT2D eigenvalue weighted by Gasteiger charge is 2.06. The molecule has 0 saturated heterocycles. The summed E-state index contributed by atoms with van der Waals surface area (Å²) in [6, 6.07) is 0. The number of hydrogen-bond acceptors (Lipinski definition) is 4. The summed E-state index contributed by atoms with van der Waals surface area (Å²) in [6.45, 7) is 0. The van der Waals surface area contributed by atoms with Gasteiger partial charge in [-0.05, 0) is 15.9 Å². The summed E-state index contributed by atoms with van der Waals surface area (Å²) < 4.78 is 0.814. The van der Waals surface area contributed by atoms with Crippen LogP contribution in [0.5, 0.6) is 0 Å². The predicted molar refractivity (Wildman–Crippen MR) is 55.8 cm³/mol. The molecule has 0 N–H and O–H groups in total. The molecule has 0 aliphatic rings. The molecule has 0 fully saturated rings. The molecule has 2 aromatic heterocycles. The van der Waals surface area contributed by atoms with E-state index < -0.39 is 0 Å². The van der Waals surface area contributed by atoms with Crippen molar-refractivity contribution in [3.8, 4) is 11.4 Å². The van der Waals surface area contributed by atoms with E-state index in [9.17, 15) is 0 Å². The molecule has 0 aliphatic heterocycles. The van der Waals surface area contributed by atoms with Gasteiger partial charge in [0.2, 0.25) is 0 Å². The Balaban J connectivity index is 2.50. The van der Waals surface area contributed by atoms with E-state index in [0.717, 1.165) is 4.47 Å². The maximum atomic E-state index is 5.86. The fourth-order valence-corrected chi connectivity index (χ4v) is 1.30. The van der Waals surface area contributed by atoms with Crippen molar-refractivity contribution in [1.82, 2.24) is 19.9 Å². The second-order valence-corrected chi connectivity index (χ2v) is 3.73. The van der Waals surface area contributed by atoms with E-state index in [1.54, 1.807) is 18.6 Å². The van der Waals surface area contributed by atoms with Crippen LogP contribution in [0.25, 0.3) is 11.4 Å². The molecule has 0 unspecified atom stereocenters. The van der Waals surface area contributed by atoms with Gasteiger partial charge in [-0.1, -0.05) is 11.6 Å². The summed E-state index contributed by atoms with van der Waals surface area (Å²) >= 11 is 9.10. The topological polar surface area (TPSA) is 51.6 Å². The molecule has 2 aromatic rings. The molecular weight excluding hydrogens is 267 g/mol. The number of aromatic nitrogens is 4. The normalized spacial score (nSPS) is 10.1. The molecule has 2 heterocycles. The lowest BCUT2D eigenvalue weighted by molar-refractivity contribution is 1.11. The molecule has 2 rings (SSSR count). The maximum absolute atomic E-state index is 5.86. The van der Waals surface area contributed by atoms with Crippen molar-refractivity contribution in [1.29, 1.82) is 0 Å². The van der Waals surface area contributed by atoms with E-state index in [1.807, 2.05) is 0 Å². The summed E-state index contributed by atoms with van der Waals surface area (Å²) in [7, 11) is 0. The van der Waals surface area contributed by atoms with Gasteiger partial charge in [-0.2, -0.15) is 0 Å². The Bertz CT molecular complexity index is 445. The Morgan fingerprint density at radius 1 is 1.07 bits per heavy atom. The Hall–Kier alpha value is -1.07. The third kappa shape index (κ3) is 1.88. The van der Waals surface area contributed by atoms with Crippen LogP contribution in [-0.4, -0.2) is 19.9 Å². The lowest BCUT2D eigenvalue weighted by atomic mass is 10.3. The fourth-order valence-electron chi connectivity index (χ4n) is 0.916. The molecule has 0 amide bonds. The minimum Gasteiger partial charge on any atom is -0.244 e. The first-order valence-electron chi connectivity index (χ1n) is 3.71. The first kappa shape index (κ1) is 9.48. The van der Waals surface area contributed by atoms with Crippen LogP contribution in [-0.2, 0) is 0 Å². The number of halogens is 2. The quantitative estimate of drug-likeness (QED) is 0.747. The van der Waals surface area contributed by atoms with Gasteiger partial charge >= 0.3 is 0 Å². The molecule has 0 saturated carbocycles. The van der Waals surface area contributed by atoms with Gasteiger partial charge in [0.05, 0.1) is 10.0 Å². The van der Waals surface area contributed by atoms with Crippen LogP contribution >= 0.6 is 27.5 Å². The zero-order chi connectivity index (χ0) is 9.97. The van der Waals surface area contributed by atoms with Crippen molar-refractivity contribution in [2.24, 2.45) is 0 Å². The van der Waals surface area contributed by atoms with Crippen molar-refractivity contribution in [2.45, 2.75) is 0 Å². The second-order valence-electron chi connectivity index (χ2n) is 2.45. The second kappa shape index (κ2) is 3.98. The van der Waals surface area contributed by atoms with Crippen LogP contribution in [0.2, 0.25) is 5.15 Å². The average molecular weight is 272 g/mol. The predicted octanol–water partition coefficient (Wildman–Crippen LogP) is 2.35. The zero-order valence-corrected chi connectivity index (χ0v) is 9.20. The first-order chi connectivity index (χ1) is 6.77. The van der Waals surface area contributed by atoms with Crippen molar-refractivity contribution in [2.75, 3.05) is 0 Å². The molecule has 0 bridgehead atoms. The van der Waals surface area contributed by atoms with Crippen molar-refractivity contribution in [3.05, 3.63) is 34.5 Å². The Morgan fingerprint density at radius 3 is 2.43 bits per heavy atom. The van der Waals surface area contributed by atoms with E-state index >= 15 is 0 Å². The SMILES string of the molecule is Clc1ncncc1-c1ncc(Br)cn1. The minimum atomic E-state index is 0.349. The highest BCUT2D eigenvalue weighted by atomic mass is 79.9. The molecule has 4 nitrogen and oxygen atoms in total. The third-order valence-electron chi connectivity index (χ3n) is 1.52. The van der Waals surface area contributed by atoms with Gasteiger partial charge in [0.1, 0.15) is 11.5 Å². The largest absolute Gasteiger partial charge is 0.244 e. The van der Waals surface area contributed by atoms with Crippen LogP contribution in [0.15, 0.2) is 29.4 Å². The average Bonchev–Trinajstić information content (AvgIpc) is 2.20. The van der Waals surface area contributed by atoms with Crippen LogP contribution in [0.3, 0.4) is 0 Å². The van der Waals surface area contributed by atoms with Crippen LogP contribution in [0.1, 0.15) is 0 Å². The van der Waals surface area contributed by atoms with E-state index in [4.69, 9.17) is 11.6 Å². The van der Waals surface area contributed by atoms with Gasteiger partial charge in [-0.15, -0.1) is 0 Å². The van der Waals surface area contributed by atoms with Crippen LogP contribution < -0.4 is 0 Å². The molecule has 6 heteroatoms. The van der Waals surface area contributed by atoms with Gasteiger partial charge in [0.25, 0.3) is 0 Å². The van der Waals surface area contributed by atoms with E-state index in [2.05, 4.69) is 35.9 Å². The lowest BCUT2D eigenvalue weighted by Gasteiger charge is -1.99. The van der Waals surface area contributed by atoms with Gasteiger partial charge in [0, 0.05) is 18.6 Å². The molecular formula is C8H4BrClN4. The number of hydrogen-bond donors (Lipinski definition) is 0. The highest BCUT2D eigenvalue weighted by molar-refractivity contribution is 9.10. The number of rotatable bonds is 1. The third-order valence-corrected chi connectivity index (χ3v) is 2.24. The Labute approximate surface area is 93.5 Å². The van der Waals surface area contributed by atoms with E-state index in [-0.39, 0.29) is 0 Å². The van der Waals surface area contributed by atoms with Gasteiger partial charge < -0.3 is 0 Å². The molecule has 0 spiro atoms. The standard InChI is InChI=1S/C8H4BrClN4/c9-5-1-12-8(13-2-5)6-3-11-4-14-7(6)10/h1-4H.